The van der Waals surface area contributed by atoms with Crippen molar-refractivity contribution < 1.29 is 23.9 Å². The molecule has 9 heteroatoms. The molecule has 1 aliphatic heterocycles. The molecule has 1 aliphatic rings. The summed E-state index contributed by atoms with van der Waals surface area (Å²) < 4.78 is 5.26. The summed E-state index contributed by atoms with van der Waals surface area (Å²) in [4.78, 5) is 52.1. The van der Waals surface area contributed by atoms with Crippen LogP contribution in [0.2, 0.25) is 10.0 Å². The third-order valence-electron chi connectivity index (χ3n) is 5.34. The summed E-state index contributed by atoms with van der Waals surface area (Å²) in [6, 6.07) is 15.8. The number of para-hydroxylation sites is 1. The highest BCUT2D eigenvalue weighted by Crippen LogP contribution is 2.32. The molecule has 0 saturated carbocycles. The number of amides is 3. The number of benzene rings is 3. The van der Waals surface area contributed by atoms with Gasteiger partial charge in [-0.2, -0.15) is 0 Å². The van der Waals surface area contributed by atoms with E-state index in [1.165, 1.54) is 25.1 Å². The number of rotatable bonds is 5. The van der Waals surface area contributed by atoms with Crippen LogP contribution in [0.1, 0.15) is 43.6 Å². The predicted molar refractivity (Wildman–Crippen MR) is 129 cm³/mol. The minimum absolute atomic E-state index is 0.0342. The smallest absolute Gasteiger partial charge is 0.338 e. The highest BCUT2D eigenvalue weighted by atomic mass is 35.5. The lowest BCUT2D eigenvalue weighted by Gasteiger charge is -2.16. The van der Waals surface area contributed by atoms with Gasteiger partial charge in [-0.25, -0.2) is 9.69 Å². The number of halogens is 2. The molecule has 0 aromatic heterocycles. The number of hydrogen-bond acceptors (Lipinski definition) is 5. The van der Waals surface area contributed by atoms with Crippen molar-refractivity contribution in [3.63, 3.8) is 0 Å². The number of anilines is 2. The summed E-state index contributed by atoms with van der Waals surface area (Å²) in [7, 11) is 0. The van der Waals surface area contributed by atoms with E-state index in [-0.39, 0.29) is 32.4 Å². The first kappa shape index (κ1) is 23.5. The molecule has 0 bridgehead atoms. The van der Waals surface area contributed by atoms with Crippen LogP contribution in [-0.4, -0.2) is 29.8 Å². The van der Waals surface area contributed by atoms with Crippen LogP contribution in [-0.2, 0) is 9.53 Å². The lowest BCUT2D eigenvalue weighted by Crippen LogP contribution is -2.30. The normalized spacial score (nSPS) is 13.5. The van der Waals surface area contributed by atoms with Gasteiger partial charge < -0.3 is 10.1 Å². The third-order valence-corrected chi connectivity index (χ3v) is 6.16. The Balaban J connectivity index is 1.50. The van der Waals surface area contributed by atoms with Gasteiger partial charge in [-0.05, 0) is 55.8 Å². The topological polar surface area (TPSA) is 92.8 Å². The fraction of sp³-hybridized carbons (Fsp3) is 0.120. The van der Waals surface area contributed by atoms with Gasteiger partial charge in [0.25, 0.3) is 17.7 Å². The van der Waals surface area contributed by atoms with E-state index in [9.17, 15) is 19.2 Å². The van der Waals surface area contributed by atoms with Crippen molar-refractivity contribution in [1.82, 2.24) is 0 Å². The van der Waals surface area contributed by atoms with Gasteiger partial charge >= 0.3 is 5.97 Å². The number of carbonyl (C=O) groups excluding carboxylic acids is 4. The minimum atomic E-state index is -1.17. The van der Waals surface area contributed by atoms with Crippen LogP contribution in [0.15, 0.2) is 60.7 Å². The van der Waals surface area contributed by atoms with Crippen molar-refractivity contribution in [2.75, 3.05) is 10.2 Å². The average molecular weight is 497 g/mol. The number of aryl methyl sites for hydroxylation is 1. The first-order valence-corrected chi connectivity index (χ1v) is 11.0. The molecule has 0 saturated heterocycles. The van der Waals surface area contributed by atoms with E-state index in [2.05, 4.69) is 5.32 Å². The van der Waals surface area contributed by atoms with Gasteiger partial charge in [0.15, 0.2) is 6.10 Å². The Morgan fingerprint density at radius 3 is 2.38 bits per heavy atom. The van der Waals surface area contributed by atoms with Gasteiger partial charge in [-0.1, -0.05) is 47.5 Å². The minimum Gasteiger partial charge on any atom is -0.449 e. The molecular formula is C25H18Cl2N2O5. The molecule has 4 rings (SSSR count). The van der Waals surface area contributed by atoms with Crippen LogP contribution in [0.4, 0.5) is 11.4 Å². The van der Waals surface area contributed by atoms with Crippen molar-refractivity contribution in [3.8, 4) is 0 Å². The molecule has 7 nitrogen and oxygen atoms in total. The Morgan fingerprint density at radius 2 is 1.65 bits per heavy atom. The first-order valence-electron chi connectivity index (χ1n) is 10.2. The fourth-order valence-electron chi connectivity index (χ4n) is 3.52. The number of nitrogens with zero attached hydrogens (tertiary/aromatic N) is 1. The quantitative estimate of drug-likeness (QED) is 0.382. The second kappa shape index (κ2) is 9.29. The highest BCUT2D eigenvalue weighted by molar-refractivity contribution is 6.44. The molecule has 0 aliphatic carbocycles. The van der Waals surface area contributed by atoms with E-state index < -0.39 is 29.8 Å². The maximum absolute atomic E-state index is 13.0. The molecular weight excluding hydrogens is 479 g/mol. The van der Waals surface area contributed by atoms with E-state index in [4.69, 9.17) is 27.9 Å². The van der Waals surface area contributed by atoms with E-state index in [0.29, 0.717) is 5.69 Å². The maximum Gasteiger partial charge on any atom is 0.338 e. The average Bonchev–Trinajstić information content (AvgIpc) is 3.06. The summed E-state index contributed by atoms with van der Waals surface area (Å²) >= 11 is 12.0. The molecule has 1 heterocycles. The van der Waals surface area contributed by atoms with Gasteiger partial charge in [-0.3, -0.25) is 14.4 Å². The molecule has 3 amide bonds. The summed E-state index contributed by atoms with van der Waals surface area (Å²) in [5.41, 5.74) is 1.82. The molecule has 0 spiro atoms. The lowest BCUT2D eigenvalue weighted by molar-refractivity contribution is -0.123. The van der Waals surface area contributed by atoms with Crippen molar-refractivity contribution in [2.24, 2.45) is 0 Å². The first-order chi connectivity index (χ1) is 16.2. The van der Waals surface area contributed by atoms with Crippen LogP contribution in [0.3, 0.4) is 0 Å². The molecule has 172 valence electrons. The van der Waals surface area contributed by atoms with Gasteiger partial charge in [0.1, 0.15) is 0 Å². The Bertz CT molecular complexity index is 1350. The number of hydrogen-bond donors (Lipinski definition) is 1. The molecule has 1 atom stereocenters. The van der Waals surface area contributed by atoms with Crippen LogP contribution in [0.25, 0.3) is 0 Å². The summed E-state index contributed by atoms with van der Waals surface area (Å²) in [6.45, 7) is 3.19. The number of esters is 1. The number of carbonyl (C=O) groups is 4. The van der Waals surface area contributed by atoms with E-state index >= 15 is 0 Å². The van der Waals surface area contributed by atoms with Crippen LogP contribution >= 0.6 is 23.2 Å². The number of ether oxygens (including phenoxy) is 1. The zero-order valence-corrected chi connectivity index (χ0v) is 19.6. The molecule has 0 radical (unpaired) electrons. The van der Waals surface area contributed by atoms with Crippen LogP contribution in [0, 0.1) is 6.92 Å². The molecule has 3 aromatic rings. The number of imide groups is 1. The zero-order valence-electron chi connectivity index (χ0n) is 18.1. The molecule has 1 N–H and O–H groups in total. The second-order valence-electron chi connectivity index (χ2n) is 7.63. The summed E-state index contributed by atoms with van der Waals surface area (Å²) in [5, 5.41) is 2.98. The fourth-order valence-corrected chi connectivity index (χ4v) is 3.87. The number of nitrogens with one attached hydrogen (secondary N) is 1. The standard InChI is InChI=1S/C25H18Cl2N2O5/c1-13-6-3-4-9-20(13)29-23(31)16-11-10-15(12-17(16)24(29)32)25(33)34-14(2)22(30)28-19-8-5-7-18(26)21(19)27/h3-12,14H,1-2H3,(H,28,30). The lowest BCUT2D eigenvalue weighted by atomic mass is 10.1. The largest absolute Gasteiger partial charge is 0.449 e. The van der Waals surface area contributed by atoms with Gasteiger partial charge in [-0.15, -0.1) is 0 Å². The second-order valence-corrected chi connectivity index (χ2v) is 8.42. The van der Waals surface area contributed by atoms with Crippen molar-refractivity contribution in [1.29, 1.82) is 0 Å². The summed E-state index contributed by atoms with van der Waals surface area (Å²) in [6.07, 6.45) is -1.17. The maximum atomic E-state index is 13.0. The van der Waals surface area contributed by atoms with E-state index in [1.807, 2.05) is 6.07 Å². The summed E-state index contributed by atoms with van der Waals surface area (Å²) in [5.74, 6) is -2.45. The highest BCUT2D eigenvalue weighted by Gasteiger charge is 2.38. The Kier molecular flexibility index (Phi) is 6.41. The number of fused-ring (bicyclic) bond motifs is 1. The van der Waals surface area contributed by atoms with Gasteiger partial charge in [0.2, 0.25) is 0 Å². The molecule has 34 heavy (non-hydrogen) atoms. The zero-order chi connectivity index (χ0) is 24.6. The third kappa shape index (κ3) is 4.27. The SMILES string of the molecule is Cc1ccccc1N1C(=O)c2ccc(C(=O)OC(C)C(=O)Nc3cccc(Cl)c3Cl)cc2C1=O. The van der Waals surface area contributed by atoms with Gasteiger partial charge in [0, 0.05) is 0 Å². The van der Waals surface area contributed by atoms with Crippen LogP contribution in [0.5, 0.6) is 0 Å². The van der Waals surface area contributed by atoms with Gasteiger partial charge in [0.05, 0.1) is 38.1 Å². The molecule has 3 aromatic carbocycles. The Hall–Kier alpha value is -3.68. The van der Waals surface area contributed by atoms with E-state index in [0.717, 1.165) is 10.5 Å². The van der Waals surface area contributed by atoms with Crippen molar-refractivity contribution in [2.45, 2.75) is 20.0 Å². The van der Waals surface area contributed by atoms with Crippen LogP contribution < -0.4 is 10.2 Å². The van der Waals surface area contributed by atoms with Crippen molar-refractivity contribution >= 4 is 58.3 Å². The molecule has 0 fully saturated rings. The molecule has 1 unspecified atom stereocenters. The van der Waals surface area contributed by atoms with Crippen molar-refractivity contribution in [3.05, 3.63) is 93.0 Å². The predicted octanol–water partition coefficient (Wildman–Crippen LogP) is 5.29. The Morgan fingerprint density at radius 1 is 0.941 bits per heavy atom. The van der Waals surface area contributed by atoms with E-state index in [1.54, 1.807) is 43.3 Å². The monoisotopic (exact) mass is 496 g/mol. The Labute approximate surface area is 205 Å².